The van der Waals surface area contributed by atoms with Gasteiger partial charge in [0, 0.05) is 23.6 Å². The zero-order chi connectivity index (χ0) is 21.3. The second-order valence-electron chi connectivity index (χ2n) is 7.52. The van der Waals surface area contributed by atoms with Crippen LogP contribution in [0.2, 0.25) is 0 Å². The molecule has 0 radical (unpaired) electrons. The Hall–Kier alpha value is -1.84. The average Bonchev–Trinajstić information content (AvgIpc) is 2.52. The molecular formula is C18H21BrF4N2O3. The third-order valence-electron chi connectivity index (χ3n) is 4.03. The first kappa shape index (κ1) is 22.4. The number of amides is 2. The summed E-state index contributed by atoms with van der Waals surface area (Å²) in [6.45, 7) is 5.73. The van der Waals surface area contributed by atoms with Crippen molar-refractivity contribution in [1.82, 2.24) is 10.2 Å². The van der Waals surface area contributed by atoms with E-state index in [0.29, 0.717) is 25.5 Å². The molecule has 1 heterocycles. The van der Waals surface area contributed by atoms with Crippen molar-refractivity contribution < 1.29 is 31.9 Å². The molecule has 0 bridgehead atoms. The summed E-state index contributed by atoms with van der Waals surface area (Å²) in [6.07, 6.45) is -4.39. The molecule has 2 amide bonds. The number of nitrogens with zero attached hydrogens (tertiary/aromatic N) is 1. The summed E-state index contributed by atoms with van der Waals surface area (Å²) in [7, 11) is 0. The molecule has 0 saturated carbocycles. The maximum atomic E-state index is 14.3. The van der Waals surface area contributed by atoms with Crippen molar-refractivity contribution in [1.29, 1.82) is 0 Å². The number of hydrogen-bond acceptors (Lipinski definition) is 3. The smallest absolute Gasteiger partial charge is 0.419 e. The lowest BCUT2D eigenvalue weighted by molar-refractivity contribution is -0.140. The number of hydrogen-bond donors (Lipinski definition) is 1. The van der Waals surface area contributed by atoms with E-state index in [2.05, 4.69) is 21.2 Å². The van der Waals surface area contributed by atoms with Gasteiger partial charge in [-0.15, -0.1) is 0 Å². The van der Waals surface area contributed by atoms with Gasteiger partial charge < -0.3 is 15.0 Å². The standard InChI is InChI=1S/C18H21BrF4N2O3/c1-17(2,3)28-16(27)25-8-4-5-10(9-25)24-15(26)13-12(19)7-6-11(14(13)20)18(21,22)23/h6-7,10H,4-5,8-9H2,1-3H3,(H,24,26). The van der Waals surface area contributed by atoms with E-state index < -0.39 is 46.8 Å². The van der Waals surface area contributed by atoms with Crippen molar-refractivity contribution in [3.8, 4) is 0 Å². The molecule has 1 aliphatic rings. The molecule has 0 aromatic heterocycles. The van der Waals surface area contributed by atoms with Gasteiger partial charge >= 0.3 is 12.3 Å². The van der Waals surface area contributed by atoms with Crippen molar-refractivity contribution in [3.05, 3.63) is 33.5 Å². The van der Waals surface area contributed by atoms with Crippen molar-refractivity contribution >= 4 is 27.9 Å². The van der Waals surface area contributed by atoms with Crippen molar-refractivity contribution in [3.63, 3.8) is 0 Å². The molecule has 1 N–H and O–H groups in total. The number of carbonyl (C=O) groups excluding carboxylic acids is 2. The Bertz CT molecular complexity index is 762. The van der Waals surface area contributed by atoms with Crippen LogP contribution in [0.1, 0.15) is 49.5 Å². The predicted molar refractivity (Wildman–Crippen MR) is 97.4 cm³/mol. The zero-order valence-electron chi connectivity index (χ0n) is 15.6. The first-order chi connectivity index (χ1) is 12.8. The van der Waals surface area contributed by atoms with Gasteiger partial charge in [0.15, 0.2) is 0 Å². The fourth-order valence-corrected chi connectivity index (χ4v) is 3.31. The van der Waals surface area contributed by atoms with Crippen molar-refractivity contribution in [2.75, 3.05) is 13.1 Å². The molecule has 1 unspecified atom stereocenters. The molecule has 1 aromatic rings. The number of piperidine rings is 1. The summed E-state index contributed by atoms with van der Waals surface area (Å²) in [5.41, 5.74) is -2.91. The van der Waals surface area contributed by atoms with Crippen LogP contribution in [0.25, 0.3) is 0 Å². The molecule has 10 heteroatoms. The van der Waals surface area contributed by atoms with Crippen LogP contribution in [0.3, 0.4) is 0 Å². The van der Waals surface area contributed by atoms with E-state index in [9.17, 15) is 27.2 Å². The van der Waals surface area contributed by atoms with Gasteiger partial charge in [-0.25, -0.2) is 9.18 Å². The molecule has 28 heavy (non-hydrogen) atoms. The van der Waals surface area contributed by atoms with E-state index >= 15 is 0 Å². The van der Waals surface area contributed by atoms with Gasteiger partial charge in [0.1, 0.15) is 11.4 Å². The van der Waals surface area contributed by atoms with E-state index in [0.717, 1.165) is 6.07 Å². The van der Waals surface area contributed by atoms with Gasteiger partial charge in [-0.2, -0.15) is 13.2 Å². The Morgan fingerprint density at radius 2 is 1.89 bits per heavy atom. The minimum absolute atomic E-state index is 0.0877. The largest absolute Gasteiger partial charge is 0.444 e. The average molecular weight is 469 g/mol. The summed E-state index contributed by atoms with van der Waals surface area (Å²) in [5.74, 6) is -2.62. The van der Waals surface area contributed by atoms with E-state index in [1.807, 2.05) is 0 Å². The number of ether oxygens (including phenoxy) is 1. The topological polar surface area (TPSA) is 58.6 Å². The third kappa shape index (κ3) is 5.59. The number of likely N-dealkylation sites (tertiary alicyclic amines) is 1. The van der Waals surface area contributed by atoms with Crippen LogP contribution >= 0.6 is 15.9 Å². The normalized spacial score (nSPS) is 18.0. The first-order valence-corrected chi connectivity index (χ1v) is 9.43. The second-order valence-corrected chi connectivity index (χ2v) is 8.37. The SMILES string of the molecule is CC(C)(C)OC(=O)N1CCCC(NC(=O)c2c(Br)ccc(C(F)(F)F)c2F)C1. The monoisotopic (exact) mass is 468 g/mol. The maximum absolute atomic E-state index is 14.3. The Balaban J connectivity index is 2.14. The molecule has 156 valence electrons. The van der Waals surface area contributed by atoms with Gasteiger partial charge in [-0.05, 0) is 61.7 Å². The summed E-state index contributed by atoms with van der Waals surface area (Å²) >= 11 is 2.93. The Kier molecular flexibility index (Phi) is 6.62. The number of halogens is 5. The van der Waals surface area contributed by atoms with Gasteiger partial charge in [-0.1, -0.05) is 0 Å². The van der Waals surface area contributed by atoms with Crippen LogP contribution in [0.4, 0.5) is 22.4 Å². The van der Waals surface area contributed by atoms with Gasteiger partial charge in [0.05, 0.1) is 11.1 Å². The zero-order valence-corrected chi connectivity index (χ0v) is 17.2. The van der Waals surface area contributed by atoms with Crippen LogP contribution < -0.4 is 5.32 Å². The number of rotatable bonds is 2. The highest BCUT2D eigenvalue weighted by Crippen LogP contribution is 2.35. The third-order valence-corrected chi connectivity index (χ3v) is 4.69. The van der Waals surface area contributed by atoms with Crippen molar-refractivity contribution in [2.24, 2.45) is 0 Å². The molecule has 1 aromatic carbocycles. The summed E-state index contributed by atoms with van der Waals surface area (Å²) in [5, 5.41) is 2.52. The molecule has 1 fully saturated rings. The summed E-state index contributed by atoms with van der Waals surface area (Å²) in [4.78, 5) is 26.0. The minimum Gasteiger partial charge on any atom is -0.444 e. The van der Waals surface area contributed by atoms with E-state index in [4.69, 9.17) is 4.74 Å². The highest BCUT2D eigenvalue weighted by molar-refractivity contribution is 9.10. The lowest BCUT2D eigenvalue weighted by Crippen LogP contribution is -2.50. The first-order valence-electron chi connectivity index (χ1n) is 8.63. The van der Waals surface area contributed by atoms with Crippen LogP contribution in [0, 0.1) is 5.82 Å². The van der Waals surface area contributed by atoms with Gasteiger partial charge in [0.2, 0.25) is 0 Å². The van der Waals surface area contributed by atoms with Crippen LogP contribution in [0.5, 0.6) is 0 Å². The van der Waals surface area contributed by atoms with Gasteiger partial charge in [-0.3, -0.25) is 4.79 Å². The second kappa shape index (κ2) is 8.26. The predicted octanol–water partition coefficient (Wildman–Crippen LogP) is 4.74. The Labute approximate surface area is 168 Å². The van der Waals surface area contributed by atoms with Crippen LogP contribution in [-0.2, 0) is 10.9 Å². The molecule has 0 aliphatic carbocycles. The lowest BCUT2D eigenvalue weighted by Gasteiger charge is -2.34. The van der Waals surface area contributed by atoms with E-state index in [-0.39, 0.29) is 11.0 Å². The molecular weight excluding hydrogens is 448 g/mol. The van der Waals surface area contributed by atoms with E-state index in [1.165, 1.54) is 4.90 Å². The number of benzene rings is 1. The molecule has 1 atom stereocenters. The summed E-state index contributed by atoms with van der Waals surface area (Å²) in [6, 6.07) is 1.02. The lowest BCUT2D eigenvalue weighted by atomic mass is 10.0. The van der Waals surface area contributed by atoms with Gasteiger partial charge in [0.25, 0.3) is 5.91 Å². The highest BCUT2D eigenvalue weighted by atomic mass is 79.9. The van der Waals surface area contributed by atoms with Crippen LogP contribution in [0.15, 0.2) is 16.6 Å². The summed E-state index contributed by atoms with van der Waals surface area (Å²) < 4.78 is 58.3. The van der Waals surface area contributed by atoms with Crippen molar-refractivity contribution in [2.45, 2.75) is 51.4 Å². The van der Waals surface area contributed by atoms with E-state index in [1.54, 1.807) is 20.8 Å². The Morgan fingerprint density at radius 3 is 2.46 bits per heavy atom. The fraction of sp³-hybridized carbons (Fsp3) is 0.556. The molecule has 1 aliphatic heterocycles. The minimum atomic E-state index is -4.92. The number of carbonyl (C=O) groups is 2. The fourth-order valence-electron chi connectivity index (χ4n) is 2.82. The number of alkyl halides is 3. The maximum Gasteiger partial charge on any atom is 0.419 e. The molecule has 0 spiro atoms. The highest BCUT2D eigenvalue weighted by Gasteiger charge is 2.37. The van der Waals surface area contributed by atoms with Crippen LogP contribution in [-0.4, -0.2) is 41.6 Å². The molecule has 5 nitrogen and oxygen atoms in total. The number of nitrogens with one attached hydrogen (secondary N) is 1. The molecule has 2 rings (SSSR count). The molecule has 1 saturated heterocycles. The quantitative estimate of drug-likeness (QED) is 0.637. The Morgan fingerprint density at radius 1 is 1.25 bits per heavy atom.